The van der Waals surface area contributed by atoms with Crippen LogP contribution in [0.2, 0.25) is 0 Å². The molecule has 1 radical (unpaired) electrons. The number of hydrogen-bond donors (Lipinski definition) is 1. The predicted octanol–water partition coefficient (Wildman–Crippen LogP) is 12.5. The second-order valence-electron chi connectivity index (χ2n) is 15.4. The molecule has 0 spiro atoms. The van der Waals surface area contributed by atoms with Gasteiger partial charge in [0.25, 0.3) is 0 Å². The van der Waals surface area contributed by atoms with Gasteiger partial charge in [0.15, 0.2) is 5.78 Å². The summed E-state index contributed by atoms with van der Waals surface area (Å²) in [6.07, 6.45) is 5.97. The number of nitrogens with zero attached hydrogens (tertiary/aromatic N) is 2. The maximum Gasteiger partial charge on any atom is 0.162 e. The van der Waals surface area contributed by atoms with Crippen LogP contribution in [-0.2, 0) is 36.7 Å². The fraction of sp³-hybridized carbons (Fsp3) is 0.465. The van der Waals surface area contributed by atoms with Crippen molar-refractivity contribution in [3.05, 3.63) is 83.3 Å². The molecule has 4 nitrogen and oxygen atoms in total. The first kappa shape index (κ1) is 40.5. The van der Waals surface area contributed by atoms with Gasteiger partial charge in [-0.15, -0.1) is 40.5 Å². The zero-order chi connectivity index (χ0) is 35.4. The van der Waals surface area contributed by atoms with Gasteiger partial charge in [-0.2, -0.15) is 10.2 Å². The van der Waals surface area contributed by atoms with Crippen LogP contribution < -0.4 is 0 Å². The number of allylic oxidation sites excluding steroid dienone is 2. The molecule has 0 saturated carbocycles. The summed E-state index contributed by atoms with van der Waals surface area (Å²) in [6.45, 7) is 23.8. The minimum Gasteiger partial charge on any atom is -0.512 e. The van der Waals surface area contributed by atoms with Gasteiger partial charge in [0.2, 0.25) is 0 Å². The van der Waals surface area contributed by atoms with E-state index in [9.17, 15) is 9.90 Å². The van der Waals surface area contributed by atoms with E-state index in [0.717, 1.165) is 54.4 Å². The number of hydrogen-bond acceptors (Lipinski definition) is 5. The number of ketones is 1. The maximum atomic E-state index is 11.7. The van der Waals surface area contributed by atoms with E-state index >= 15 is 0 Å². The molecule has 0 fully saturated rings. The molecule has 0 aliphatic carbocycles. The monoisotopic (exact) mass is 856 g/mol. The number of benzene rings is 3. The van der Waals surface area contributed by atoms with Crippen LogP contribution in [0.1, 0.15) is 112 Å². The Morgan fingerprint density at radius 2 is 1.51 bits per heavy atom. The third kappa shape index (κ3) is 9.66. The number of aryl methyl sites for hydroxylation is 1. The molecule has 0 aliphatic rings. The van der Waals surface area contributed by atoms with Gasteiger partial charge in [-0.25, -0.2) is 0 Å². The van der Waals surface area contributed by atoms with Crippen LogP contribution in [0.3, 0.4) is 0 Å². The topological polar surface area (TPSA) is 63.1 Å². The summed E-state index contributed by atoms with van der Waals surface area (Å²) in [5.74, 6) is 0.547. The Labute approximate surface area is 312 Å². The summed E-state index contributed by atoms with van der Waals surface area (Å²) in [5, 5.41) is 24.0. The van der Waals surface area contributed by atoms with E-state index < -0.39 is 0 Å². The summed E-state index contributed by atoms with van der Waals surface area (Å²) in [6, 6.07) is 21.4. The van der Waals surface area contributed by atoms with Crippen LogP contribution in [0.5, 0.6) is 0 Å². The molecule has 0 saturated heterocycles. The second-order valence-corrected chi connectivity index (χ2v) is 16.5. The Bertz CT molecular complexity index is 1920. The van der Waals surface area contributed by atoms with E-state index in [4.69, 9.17) is 5.10 Å². The smallest absolute Gasteiger partial charge is 0.162 e. The van der Waals surface area contributed by atoms with Crippen molar-refractivity contribution in [1.29, 1.82) is 0 Å². The zero-order valence-electron chi connectivity index (χ0n) is 31.4. The van der Waals surface area contributed by atoms with E-state index in [0.29, 0.717) is 0 Å². The number of aliphatic hydroxyl groups is 1. The number of rotatable bonds is 9. The van der Waals surface area contributed by atoms with Crippen molar-refractivity contribution < 1.29 is 30.0 Å². The van der Waals surface area contributed by atoms with Crippen LogP contribution in [0.25, 0.3) is 42.2 Å². The van der Waals surface area contributed by atoms with Gasteiger partial charge in [0.05, 0.1) is 11.5 Å². The van der Waals surface area contributed by atoms with Crippen molar-refractivity contribution in [3.63, 3.8) is 0 Å². The number of aliphatic hydroxyl groups excluding tert-OH is 1. The Balaban J connectivity index is 0.000000347. The van der Waals surface area contributed by atoms with Gasteiger partial charge < -0.3 is 5.11 Å². The molecular formula is C43H55IrN2O2S-. The third-order valence-corrected chi connectivity index (χ3v) is 10.4. The van der Waals surface area contributed by atoms with E-state index in [-0.39, 0.29) is 54.3 Å². The molecule has 3 aromatic carbocycles. The first-order valence-corrected chi connectivity index (χ1v) is 18.5. The van der Waals surface area contributed by atoms with Gasteiger partial charge >= 0.3 is 0 Å². The Morgan fingerprint density at radius 1 is 0.878 bits per heavy atom. The fourth-order valence-electron chi connectivity index (χ4n) is 6.54. The Morgan fingerprint density at radius 3 is 2.10 bits per heavy atom. The van der Waals surface area contributed by atoms with Crippen molar-refractivity contribution in [2.45, 2.75) is 114 Å². The molecule has 0 unspecified atom stereocenters. The summed E-state index contributed by atoms with van der Waals surface area (Å²) in [4.78, 5) is 11.7. The van der Waals surface area contributed by atoms with E-state index in [2.05, 4.69) is 108 Å². The SMILES string of the molecule is CCC(CC)C(=O)/C=C(\O)C(CC)CC.Cc1nnc(-c2[c-]c3ccccc3c(C(C)(C)C)c2)c2sc3cc(CC(C)(C)C)ccc3c12.[Ir]. The summed E-state index contributed by atoms with van der Waals surface area (Å²) >= 11 is 1.83. The van der Waals surface area contributed by atoms with E-state index in [1.807, 2.05) is 39.0 Å². The van der Waals surface area contributed by atoms with Gasteiger partial charge in [0.1, 0.15) is 0 Å². The zero-order valence-corrected chi connectivity index (χ0v) is 34.6. The molecule has 0 aliphatic heterocycles. The molecule has 5 rings (SSSR count). The van der Waals surface area contributed by atoms with Crippen molar-refractivity contribution in [3.8, 4) is 11.3 Å². The van der Waals surface area contributed by atoms with Crippen LogP contribution in [0.4, 0.5) is 0 Å². The molecule has 0 amide bonds. The number of carbonyl (C=O) groups is 1. The number of fused-ring (bicyclic) bond motifs is 4. The molecular weight excluding hydrogens is 801 g/mol. The minimum atomic E-state index is 0. The maximum absolute atomic E-state index is 11.7. The van der Waals surface area contributed by atoms with Crippen LogP contribution in [0, 0.1) is 30.2 Å². The van der Waals surface area contributed by atoms with E-state index in [1.54, 1.807) is 0 Å². The van der Waals surface area contributed by atoms with Gasteiger partial charge in [-0.3, -0.25) is 4.79 Å². The van der Waals surface area contributed by atoms with Crippen LogP contribution in [0.15, 0.2) is 60.4 Å². The van der Waals surface area contributed by atoms with Gasteiger partial charge in [-0.05, 0) is 61.5 Å². The average Bonchev–Trinajstić information content (AvgIpc) is 3.40. The molecule has 2 heterocycles. The molecule has 1 N–H and O–H groups in total. The molecule has 2 aromatic heterocycles. The number of aromatic nitrogens is 2. The molecule has 49 heavy (non-hydrogen) atoms. The second kappa shape index (κ2) is 16.9. The summed E-state index contributed by atoms with van der Waals surface area (Å²) < 4.78 is 2.51. The van der Waals surface area contributed by atoms with E-state index in [1.165, 1.54) is 42.8 Å². The molecule has 265 valence electrons. The number of carbonyl (C=O) groups excluding carboxylic acids is 1. The first-order valence-electron chi connectivity index (χ1n) is 17.7. The molecule has 0 atom stereocenters. The normalized spacial score (nSPS) is 12.5. The minimum absolute atomic E-state index is 0. The molecule has 0 bridgehead atoms. The quantitative estimate of drug-likeness (QED) is 0.0911. The predicted molar refractivity (Wildman–Crippen MR) is 207 cm³/mol. The largest absolute Gasteiger partial charge is 0.512 e. The van der Waals surface area contributed by atoms with Crippen molar-refractivity contribution in [2.75, 3.05) is 0 Å². The number of thiophene rings is 1. The first-order chi connectivity index (χ1) is 22.6. The molecule has 6 heteroatoms. The van der Waals surface area contributed by atoms with Crippen molar-refractivity contribution >= 4 is 48.1 Å². The summed E-state index contributed by atoms with van der Waals surface area (Å²) in [5.41, 5.74) is 5.93. The van der Waals surface area contributed by atoms with Crippen LogP contribution >= 0.6 is 11.3 Å². The Hall–Kier alpha value is -2.92. The van der Waals surface area contributed by atoms with Crippen molar-refractivity contribution in [2.24, 2.45) is 17.3 Å². The molecule has 5 aromatic rings. The van der Waals surface area contributed by atoms with Crippen molar-refractivity contribution in [1.82, 2.24) is 10.2 Å². The Kier molecular flexibility index (Phi) is 13.9. The third-order valence-electron chi connectivity index (χ3n) is 9.29. The average molecular weight is 856 g/mol. The van der Waals surface area contributed by atoms with Gasteiger partial charge in [0, 0.05) is 63.9 Å². The van der Waals surface area contributed by atoms with Crippen LogP contribution in [-0.4, -0.2) is 21.1 Å². The fourth-order valence-corrected chi connectivity index (χ4v) is 7.86. The standard InChI is InChI=1S/C30H31N2S.C13H24O2.Ir/c1-18-26-23-13-12-19(17-29(2,3)4)14-25(23)33-28(26)27(32-31-18)21-15-20-10-8-9-11-22(20)24(16-21)30(5,6)7;1-5-10(6-2)12(14)9-13(15)11(7-3)8-4;/h8-14,16H,17H2,1-7H3;9-11,14H,5-8H2,1-4H3;/q-1;;/b;12-9-;. The van der Waals surface area contributed by atoms with Gasteiger partial charge in [-0.1, -0.05) is 111 Å². The summed E-state index contributed by atoms with van der Waals surface area (Å²) in [7, 11) is 0.